The predicted octanol–water partition coefficient (Wildman–Crippen LogP) is 6.35. The van der Waals surface area contributed by atoms with Crippen LogP contribution in [0.15, 0.2) is 60.7 Å². The van der Waals surface area contributed by atoms with E-state index in [0.717, 1.165) is 11.3 Å². The normalized spacial score (nSPS) is 21.3. The second-order valence-corrected chi connectivity index (χ2v) is 11.3. The van der Waals surface area contributed by atoms with Gasteiger partial charge in [-0.2, -0.15) is 5.10 Å². The molecule has 1 saturated heterocycles. The number of carbonyl (C=O) groups is 2. The molecule has 206 valence electrons. The minimum atomic E-state index is -1.27. The Bertz CT molecular complexity index is 1790. The highest BCUT2D eigenvalue weighted by Gasteiger charge is 2.61. The first-order chi connectivity index (χ1) is 19.6. The molecule has 3 aromatic carbocycles. The van der Waals surface area contributed by atoms with Crippen molar-refractivity contribution in [2.45, 2.75) is 37.6 Å². The third-order valence-corrected chi connectivity index (χ3v) is 8.61. The van der Waals surface area contributed by atoms with E-state index >= 15 is 0 Å². The number of nitrogens with one attached hydrogen (secondary N) is 2. The molecule has 6 rings (SSSR count). The molecule has 1 fully saturated rings. The molecule has 1 spiro atoms. The highest BCUT2D eigenvalue weighted by atomic mass is 35.5. The number of rotatable bonds is 4. The van der Waals surface area contributed by atoms with Gasteiger partial charge in [-0.25, -0.2) is 0 Å². The summed E-state index contributed by atoms with van der Waals surface area (Å²) in [5, 5.41) is 11.7. The van der Waals surface area contributed by atoms with E-state index in [2.05, 4.69) is 21.7 Å². The number of terminal acetylenes is 1. The van der Waals surface area contributed by atoms with Crippen molar-refractivity contribution in [3.63, 3.8) is 0 Å². The number of carbonyl (C=O) groups excluding carboxylic acids is 2. The van der Waals surface area contributed by atoms with Gasteiger partial charge in [0.15, 0.2) is 5.75 Å². The van der Waals surface area contributed by atoms with Gasteiger partial charge in [-0.3, -0.25) is 14.3 Å². The van der Waals surface area contributed by atoms with Gasteiger partial charge in [0.2, 0.25) is 11.8 Å². The standard InChI is InChI=1S/C32H26Cl2N4O3/c1-5-19-9-12-27(41-29-17(2)37-38(4)18(29)3)23(13-19)30-32(24-11-10-22(34)15-26(24)35-31(32)40)25(16-28(39)36-30)20-7-6-8-21(33)14-20/h1,6-15,25,30H,16H2,2-4H3,(H,35,40)(H,36,39). The van der Waals surface area contributed by atoms with Crippen molar-refractivity contribution in [3.8, 4) is 23.8 Å². The van der Waals surface area contributed by atoms with Crippen LogP contribution in [0.25, 0.3) is 0 Å². The Balaban J connectivity index is 1.63. The van der Waals surface area contributed by atoms with Crippen molar-refractivity contribution in [1.82, 2.24) is 15.1 Å². The summed E-state index contributed by atoms with van der Waals surface area (Å²) in [6, 6.07) is 17.1. The largest absolute Gasteiger partial charge is 0.453 e. The number of aromatic nitrogens is 2. The molecule has 2 aliphatic rings. The molecule has 41 heavy (non-hydrogen) atoms. The minimum absolute atomic E-state index is 0.0676. The van der Waals surface area contributed by atoms with Gasteiger partial charge in [-0.1, -0.05) is 47.3 Å². The molecule has 3 heterocycles. The van der Waals surface area contributed by atoms with Gasteiger partial charge in [0.1, 0.15) is 16.9 Å². The molecule has 0 aliphatic carbocycles. The van der Waals surface area contributed by atoms with Crippen LogP contribution in [0, 0.1) is 26.2 Å². The van der Waals surface area contributed by atoms with Crippen molar-refractivity contribution < 1.29 is 14.3 Å². The van der Waals surface area contributed by atoms with Gasteiger partial charge in [0.05, 0.1) is 11.7 Å². The summed E-state index contributed by atoms with van der Waals surface area (Å²) >= 11 is 12.8. The quantitative estimate of drug-likeness (QED) is 0.274. The lowest BCUT2D eigenvalue weighted by Crippen LogP contribution is -2.56. The number of ether oxygens (including phenoxy) is 1. The number of fused-ring (bicyclic) bond motifs is 2. The number of hydrogen-bond donors (Lipinski definition) is 2. The van der Waals surface area contributed by atoms with E-state index < -0.39 is 17.4 Å². The number of aryl methyl sites for hydroxylation is 2. The Morgan fingerprint density at radius 3 is 2.56 bits per heavy atom. The molecule has 9 heteroatoms. The first-order valence-corrected chi connectivity index (χ1v) is 13.8. The second kappa shape index (κ2) is 9.99. The van der Waals surface area contributed by atoms with Crippen LogP contribution in [0.4, 0.5) is 5.69 Å². The lowest BCUT2D eigenvalue weighted by atomic mass is 9.59. The number of amides is 2. The van der Waals surface area contributed by atoms with Gasteiger partial charge < -0.3 is 15.4 Å². The zero-order chi connectivity index (χ0) is 29.1. The van der Waals surface area contributed by atoms with E-state index in [1.165, 1.54) is 0 Å². The third-order valence-electron chi connectivity index (χ3n) is 8.14. The lowest BCUT2D eigenvalue weighted by molar-refractivity contribution is -0.131. The van der Waals surface area contributed by atoms with Crippen LogP contribution in [0.5, 0.6) is 11.5 Å². The van der Waals surface area contributed by atoms with Crippen molar-refractivity contribution in [3.05, 3.63) is 104 Å². The molecule has 3 atom stereocenters. The van der Waals surface area contributed by atoms with Crippen molar-refractivity contribution in [2.75, 3.05) is 5.32 Å². The Kier molecular flexibility index (Phi) is 6.56. The number of piperidine rings is 1. The summed E-state index contributed by atoms with van der Waals surface area (Å²) < 4.78 is 8.25. The fraction of sp³-hybridized carbons (Fsp3) is 0.219. The average molecular weight is 585 g/mol. The monoisotopic (exact) mass is 584 g/mol. The molecule has 4 aromatic rings. The maximum atomic E-state index is 14.4. The van der Waals surface area contributed by atoms with Crippen LogP contribution in [0.2, 0.25) is 10.0 Å². The van der Waals surface area contributed by atoms with Gasteiger partial charge in [0.25, 0.3) is 0 Å². The Hall–Kier alpha value is -4.25. The predicted molar refractivity (Wildman–Crippen MR) is 159 cm³/mol. The Morgan fingerprint density at radius 2 is 1.85 bits per heavy atom. The number of halogens is 2. The zero-order valence-corrected chi connectivity index (χ0v) is 24.1. The van der Waals surface area contributed by atoms with Gasteiger partial charge in [0, 0.05) is 46.2 Å². The van der Waals surface area contributed by atoms with Crippen LogP contribution in [0.3, 0.4) is 0 Å². The van der Waals surface area contributed by atoms with Crippen molar-refractivity contribution in [2.24, 2.45) is 7.05 Å². The molecule has 0 bridgehead atoms. The molecule has 0 saturated carbocycles. The fourth-order valence-electron chi connectivity index (χ4n) is 6.24. The van der Waals surface area contributed by atoms with Crippen LogP contribution in [-0.2, 0) is 22.1 Å². The lowest BCUT2D eigenvalue weighted by Gasteiger charge is -2.46. The van der Waals surface area contributed by atoms with Crippen LogP contribution in [0.1, 0.15) is 52.0 Å². The summed E-state index contributed by atoms with van der Waals surface area (Å²) in [7, 11) is 1.84. The summed E-state index contributed by atoms with van der Waals surface area (Å²) in [4.78, 5) is 27.9. The molecule has 1 aromatic heterocycles. The van der Waals surface area contributed by atoms with E-state index in [1.807, 2.05) is 45.2 Å². The summed E-state index contributed by atoms with van der Waals surface area (Å²) in [5.74, 6) is 2.68. The first-order valence-electron chi connectivity index (χ1n) is 13.1. The number of hydrogen-bond acceptors (Lipinski definition) is 4. The Labute approximate surface area is 247 Å². The fourth-order valence-corrected chi connectivity index (χ4v) is 6.61. The highest BCUT2D eigenvalue weighted by Crippen LogP contribution is 2.58. The molecule has 2 N–H and O–H groups in total. The molecule has 2 aliphatic heterocycles. The topological polar surface area (TPSA) is 85.2 Å². The smallest absolute Gasteiger partial charge is 0.238 e. The van der Waals surface area contributed by atoms with Gasteiger partial charge in [-0.15, -0.1) is 6.42 Å². The third kappa shape index (κ3) is 4.26. The molecular weight excluding hydrogens is 559 g/mol. The number of anilines is 1. The molecule has 2 amide bonds. The molecule has 3 unspecified atom stereocenters. The number of nitrogens with zero attached hydrogens (tertiary/aromatic N) is 2. The van der Waals surface area contributed by atoms with E-state index in [9.17, 15) is 9.59 Å². The first kappa shape index (κ1) is 26.9. The van der Waals surface area contributed by atoms with Crippen molar-refractivity contribution in [1.29, 1.82) is 0 Å². The second-order valence-electron chi connectivity index (χ2n) is 10.4. The summed E-state index contributed by atoms with van der Waals surface area (Å²) in [6.45, 7) is 3.77. The van der Waals surface area contributed by atoms with E-state index in [0.29, 0.717) is 49.6 Å². The molecule has 7 nitrogen and oxygen atoms in total. The van der Waals surface area contributed by atoms with Gasteiger partial charge in [-0.05, 0) is 67.4 Å². The van der Waals surface area contributed by atoms with Crippen molar-refractivity contribution >= 4 is 40.7 Å². The number of benzene rings is 3. The van der Waals surface area contributed by atoms with Crippen LogP contribution >= 0.6 is 23.2 Å². The summed E-state index contributed by atoms with van der Waals surface area (Å²) in [5.41, 5.74) is 3.48. The highest BCUT2D eigenvalue weighted by molar-refractivity contribution is 6.31. The van der Waals surface area contributed by atoms with Crippen LogP contribution < -0.4 is 15.4 Å². The van der Waals surface area contributed by atoms with E-state index in [-0.39, 0.29) is 18.2 Å². The minimum Gasteiger partial charge on any atom is -0.453 e. The molecule has 0 radical (unpaired) electrons. The van der Waals surface area contributed by atoms with Crippen LogP contribution in [-0.4, -0.2) is 21.6 Å². The van der Waals surface area contributed by atoms with E-state index in [1.54, 1.807) is 41.1 Å². The Morgan fingerprint density at radius 1 is 1.07 bits per heavy atom. The maximum Gasteiger partial charge on any atom is 0.238 e. The average Bonchev–Trinajstić information content (AvgIpc) is 3.36. The van der Waals surface area contributed by atoms with E-state index in [4.69, 9.17) is 34.4 Å². The van der Waals surface area contributed by atoms with Gasteiger partial charge >= 0.3 is 0 Å². The SMILES string of the molecule is C#Cc1ccc(Oc2c(C)nn(C)c2C)c(C2NC(=O)CC(c3cccc(Cl)c3)C23C(=O)Nc2cc(Cl)ccc23)c1. The maximum absolute atomic E-state index is 14.4. The zero-order valence-electron chi connectivity index (χ0n) is 22.6. The molecular formula is C32H26Cl2N4O3. The summed E-state index contributed by atoms with van der Waals surface area (Å²) in [6.07, 6.45) is 5.90.